The molecule has 0 heterocycles. The zero-order valence-corrected chi connectivity index (χ0v) is 13.4. The lowest BCUT2D eigenvalue weighted by atomic mass is 9.81. The smallest absolute Gasteiger partial charge is 0.214 e. The molecule has 3 nitrogen and oxygen atoms in total. The van der Waals surface area contributed by atoms with Crippen LogP contribution >= 0.6 is 0 Å². The Morgan fingerprint density at radius 1 is 1.05 bits per heavy atom. The third-order valence-corrected chi connectivity index (χ3v) is 3.96. The average Bonchev–Trinajstić information content (AvgIpc) is 2.45. The van der Waals surface area contributed by atoms with E-state index >= 15 is 0 Å². The largest absolute Gasteiger partial charge is 0.464 e. The van der Waals surface area contributed by atoms with Crippen molar-refractivity contribution in [3.63, 3.8) is 0 Å². The van der Waals surface area contributed by atoms with Gasteiger partial charge < -0.3 is 4.74 Å². The van der Waals surface area contributed by atoms with E-state index in [-0.39, 0.29) is 0 Å². The summed E-state index contributed by atoms with van der Waals surface area (Å²) in [6.07, 6.45) is 2.04. The molecular weight excluding hydrogens is 250 g/mol. The van der Waals surface area contributed by atoms with Crippen LogP contribution < -0.4 is 10.6 Å². The summed E-state index contributed by atoms with van der Waals surface area (Å²) in [5, 5.41) is 0. The van der Waals surface area contributed by atoms with Gasteiger partial charge in [-0.25, -0.2) is 5.90 Å². The monoisotopic (exact) mass is 279 g/mol. The molecule has 0 aliphatic carbocycles. The van der Waals surface area contributed by atoms with E-state index in [4.69, 9.17) is 10.6 Å². The van der Waals surface area contributed by atoms with Crippen molar-refractivity contribution in [3.8, 4) is 5.75 Å². The molecule has 0 aliphatic rings. The molecule has 1 rings (SSSR count). The summed E-state index contributed by atoms with van der Waals surface area (Å²) < 4.78 is 5.51. The zero-order valence-electron chi connectivity index (χ0n) is 13.4. The maximum Gasteiger partial charge on any atom is 0.214 e. The summed E-state index contributed by atoms with van der Waals surface area (Å²) >= 11 is 0. The van der Waals surface area contributed by atoms with Crippen LogP contribution in [0.2, 0.25) is 0 Å². The van der Waals surface area contributed by atoms with Crippen molar-refractivity contribution >= 4 is 0 Å². The lowest BCUT2D eigenvalue weighted by Gasteiger charge is -2.24. The van der Waals surface area contributed by atoms with E-state index < -0.39 is 6.29 Å². The van der Waals surface area contributed by atoms with Crippen LogP contribution in [-0.4, -0.2) is 6.29 Å². The predicted octanol–water partition coefficient (Wildman–Crippen LogP) is 4.48. The summed E-state index contributed by atoms with van der Waals surface area (Å²) in [7, 11) is 0. The number of benzene rings is 1. The number of rotatable bonds is 8. The Labute approximate surface area is 123 Å². The molecule has 20 heavy (non-hydrogen) atoms. The highest BCUT2D eigenvalue weighted by atomic mass is 16.7. The minimum absolute atomic E-state index is 0.429. The maximum atomic E-state index is 5.51. The van der Waals surface area contributed by atoms with E-state index in [1.165, 1.54) is 18.4 Å². The predicted molar refractivity (Wildman–Crippen MR) is 83.5 cm³/mol. The molecule has 0 amide bonds. The van der Waals surface area contributed by atoms with Crippen molar-refractivity contribution < 1.29 is 9.57 Å². The zero-order chi connectivity index (χ0) is 15.1. The summed E-state index contributed by atoms with van der Waals surface area (Å²) in [4.78, 5) is 4.61. The van der Waals surface area contributed by atoms with Crippen LogP contribution in [-0.2, 0) is 4.84 Å². The lowest BCUT2D eigenvalue weighted by molar-refractivity contribution is -0.0688. The fourth-order valence-electron chi connectivity index (χ4n) is 2.41. The Balaban J connectivity index is 2.77. The van der Waals surface area contributed by atoms with Crippen LogP contribution in [0.4, 0.5) is 0 Å². The maximum absolute atomic E-state index is 5.51. The van der Waals surface area contributed by atoms with Crippen molar-refractivity contribution in [1.82, 2.24) is 0 Å². The highest BCUT2D eigenvalue weighted by molar-refractivity contribution is 5.29. The summed E-state index contributed by atoms with van der Waals surface area (Å²) in [6, 6.07) is 8.31. The molecule has 0 aromatic heterocycles. The SMILES string of the molecule is CCC(C)CC(c1ccc(OC(C)ON)cc1)C(C)C. The van der Waals surface area contributed by atoms with Gasteiger partial charge in [0.2, 0.25) is 6.29 Å². The lowest BCUT2D eigenvalue weighted by Crippen LogP contribution is -2.20. The third kappa shape index (κ3) is 5.14. The van der Waals surface area contributed by atoms with Gasteiger partial charge in [-0.15, -0.1) is 0 Å². The van der Waals surface area contributed by atoms with Crippen LogP contribution in [0.25, 0.3) is 0 Å². The fraction of sp³-hybridized carbons (Fsp3) is 0.647. The Bertz CT molecular complexity index is 375. The minimum Gasteiger partial charge on any atom is -0.464 e. The standard InChI is InChI=1S/C17H29NO2/c1-6-13(4)11-17(12(2)3)15-7-9-16(10-8-15)19-14(5)20-18/h7-10,12-14,17H,6,11,18H2,1-5H3. The van der Waals surface area contributed by atoms with Crippen molar-refractivity contribution in [3.05, 3.63) is 29.8 Å². The number of nitrogens with two attached hydrogens (primary N) is 1. The van der Waals surface area contributed by atoms with Gasteiger partial charge in [0, 0.05) is 0 Å². The van der Waals surface area contributed by atoms with E-state index in [1.54, 1.807) is 6.92 Å². The molecule has 0 spiro atoms. The van der Waals surface area contributed by atoms with Crippen molar-refractivity contribution in [2.45, 2.75) is 59.7 Å². The number of hydrogen-bond donors (Lipinski definition) is 1. The van der Waals surface area contributed by atoms with Gasteiger partial charge in [0.1, 0.15) is 5.75 Å². The Morgan fingerprint density at radius 2 is 1.65 bits per heavy atom. The van der Waals surface area contributed by atoms with Gasteiger partial charge in [-0.3, -0.25) is 4.84 Å². The van der Waals surface area contributed by atoms with Crippen LogP contribution in [0, 0.1) is 11.8 Å². The van der Waals surface area contributed by atoms with Crippen LogP contribution in [0.3, 0.4) is 0 Å². The first-order chi connectivity index (χ1) is 9.47. The summed E-state index contributed by atoms with van der Waals surface area (Å²) in [5.74, 6) is 7.87. The van der Waals surface area contributed by atoms with Gasteiger partial charge in [-0.2, -0.15) is 0 Å². The van der Waals surface area contributed by atoms with Gasteiger partial charge in [-0.05, 0) is 48.8 Å². The van der Waals surface area contributed by atoms with Crippen LogP contribution in [0.15, 0.2) is 24.3 Å². The first-order valence-electron chi connectivity index (χ1n) is 7.60. The van der Waals surface area contributed by atoms with E-state index in [0.29, 0.717) is 11.8 Å². The second-order valence-corrected chi connectivity index (χ2v) is 5.99. The quantitative estimate of drug-likeness (QED) is 0.563. The molecule has 1 aromatic rings. The molecule has 0 radical (unpaired) electrons. The molecule has 0 saturated carbocycles. The molecule has 0 saturated heterocycles. The molecular formula is C17H29NO2. The van der Waals surface area contributed by atoms with E-state index in [0.717, 1.165) is 11.7 Å². The molecule has 3 heteroatoms. The second kappa shape index (κ2) is 8.28. The van der Waals surface area contributed by atoms with Crippen molar-refractivity contribution in [2.75, 3.05) is 0 Å². The first-order valence-corrected chi connectivity index (χ1v) is 7.60. The Hall–Kier alpha value is -1.06. The van der Waals surface area contributed by atoms with Gasteiger partial charge in [0.05, 0.1) is 0 Å². The van der Waals surface area contributed by atoms with Gasteiger partial charge >= 0.3 is 0 Å². The van der Waals surface area contributed by atoms with Crippen molar-refractivity contribution in [2.24, 2.45) is 17.7 Å². The van der Waals surface area contributed by atoms with Gasteiger partial charge in [0.25, 0.3) is 0 Å². The molecule has 2 N–H and O–H groups in total. The molecule has 114 valence electrons. The molecule has 0 fully saturated rings. The highest BCUT2D eigenvalue weighted by Gasteiger charge is 2.18. The van der Waals surface area contributed by atoms with E-state index in [1.807, 2.05) is 12.1 Å². The fourth-order valence-corrected chi connectivity index (χ4v) is 2.41. The van der Waals surface area contributed by atoms with Crippen molar-refractivity contribution in [1.29, 1.82) is 0 Å². The molecule has 0 bridgehead atoms. The molecule has 3 atom stereocenters. The molecule has 0 aliphatic heterocycles. The summed E-state index contributed by atoms with van der Waals surface area (Å²) in [6.45, 7) is 10.9. The number of ether oxygens (including phenoxy) is 1. The van der Waals surface area contributed by atoms with Crippen LogP contribution in [0.5, 0.6) is 5.75 Å². The molecule has 1 aromatic carbocycles. The van der Waals surface area contributed by atoms with Crippen LogP contribution in [0.1, 0.15) is 58.9 Å². The van der Waals surface area contributed by atoms with Gasteiger partial charge in [-0.1, -0.05) is 46.2 Å². The van der Waals surface area contributed by atoms with E-state index in [9.17, 15) is 0 Å². The normalized spacial score (nSPS) is 15.9. The Morgan fingerprint density at radius 3 is 2.10 bits per heavy atom. The second-order valence-electron chi connectivity index (χ2n) is 5.99. The number of hydrogen-bond acceptors (Lipinski definition) is 3. The van der Waals surface area contributed by atoms with E-state index in [2.05, 4.69) is 44.7 Å². The molecule has 3 unspecified atom stereocenters. The first kappa shape index (κ1) is 17.0. The topological polar surface area (TPSA) is 44.5 Å². The average molecular weight is 279 g/mol. The Kier molecular flexibility index (Phi) is 7.03. The summed E-state index contributed by atoms with van der Waals surface area (Å²) in [5.41, 5.74) is 1.38. The minimum atomic E-state index is -0.429. The highest BCUT2D eigenvalue weighted by Crippen LogP contribution is 2.32. The third-order valence-electron chi connectivity index (χ3n) is 3.96. The van der Waals surface area contributed by atoms with Gasteiger partial charge in [0.15, 0.2) is 0 Å².